The number of carbonyl (C=O) groups is 2. The standard InChI is InChI=1S/C18H17F2NO6/c1-24-14-7-6-12(9-15(14)25-2)21-16(22)10-26-17(23)11-4-3-5-13(8-11)27-18(19)20/h3-9,18H,10H2,1-2H3,(H,21,22). The van der Waals surface area contributed by atoms with Gasteiger partial charge in [-0.05, 0) is 30.3 Å². The summed E-state index contributed by atoms with van der Waals surface area (Å²) in [5.74, 6) is -0.710. The molecule has 27 heavy (non-hydrogen) atoms. The van der Waals surface area contributed by atoms with Gasteiger partial charge in [0, 0.05) is 11.8 Å². The summed E-state index contributed by atoms with van der Waals surface area (Å²) in [6, 6.07) is 9.82. The number of methoxy groups -OCH3 is 2. The first-order valence-corrected chi connectivity index (χ1v) is 7.67. The molecule has 7 nitrogen and oxygen atoms in total. The molecule has 0 aromatic heterocycles. The predicted octanol–water partition coefficient (Wildman–Crippen LogP) is 3.10. The number of hydrogen-bond acceptors (Lipinski definition) is 6. The molecule has 1 amide bonds. The van der Waals surface area contributed by atoms with Gasteiger partial charge in [-0.3, -0.25) is 4.79 Å². The van der Waals surface area contributed by atoms with E-state index in [1.165, 1.54) is 32.4 Å². The minimum atomic E-state index is -3.01. The van der Waals surface area contributed by atoms with Gasteiger partial charge in [0.25, 0.3) is 5.91 Å². The molecule has 0 atom stereocenters. The van der Waals surface area contributed by atoms with Crippen LogP contribution in [0.2, 0.25) is 0 Å². The third-order valence-corrected chi connectivity index (χ3v) is 3.30. The van der Waals surface area contributed by atoms with Gasteiger partial charge in [-0.25, -0.2) is 4.79 Å². The lowest BCUT2D eigenvalue weighted by atomic mass is 10.2. The fraction of sp³-hybridized carbons (Fsp3) is 0.222. The zero-order valence-electron chi connectivity index (χ0n) is 14.5. The molecule has 0 heterocycles. The minimum Gasteiger partial charge on any atom is -0.493 e. The van der Waals surface area contributed by atoms with Crippen molar-refractivity contribution in [3.8, 4) is 17.2 Å². The summed E-state index contributed by atoms with van der Waals surface area (Å²) >= 11 is 0. The molecular weight excluding hydrogens is 364 g/mol. The van der Waals surface area contributed by atoms with Crippen molar-refractivity contribution >= 4 is 17.6 Å². The largest absolute Gasteiger partial charge is 0.493 e. The topological polar surface area (TPSA) is 83.1 Å². The first kappa shape index (κ1) is 20.0. The molecule has 0 aliphatic rings. The summed E-state index contributed by atoms with van der Waals surface area (Å²) in [7, 11) is 2.94. The molecule has 1 N–H and O–H groups in total. The maximum Gasteiger partial charge on any atom is 0.387 e. The molecule has 0 saturated carbocycles. The van der Waals surface area contributed by atoms with Crippen molar-refractivity contribution in [1.82, 2.24) is 0 Å². The van der Waals surface area contributed by atoms with Crippen LogP contribution in [0, 0.1) is 0 Å². The van der Waals surface area contributed by atoms with Crippen LogP contribution in [0.1, 0.15) is 10.4 Å². The molecule has 2 aromatic rings. The van der Waals surface area contributed by atoms with Gasteiger partial charge in [0.15, 0.2) is 18.1 Å². The molecule has 0 saturated heterocycles. The Labute approximate surface area is 153 Å². The first-order chi connectivity index (χ1) is 12.9. The maximum absolute atomic E-state index is 12.2. The smallest absolute Gasteiger partial charge is 0.387 e. The van der Waals surface area contributed by atoms with Gasteiger partial charge < -0.3 is 24.3 Å². The van der Waals surface area contributed by atoms with E-state index >= 15 is 0 Å². The Balaban J connectivity index is 1.92. The van der Waals surface area contributed by atoms with E-state index in [-0.39, 0.29) is 11.3 Å². The van der Waals surface area contributed by atoms with Crippen LogP contribution in [0.25, 0.3) is 0 Å². The van der Waals surface area contributed by atoms with Crippen LogP contribution in [-0.4, -0.2) is 39.3 Å². The highest BCUT2D eigenvalue weighted by molar-refractivity contribution is 5.95. The lowest BCUT2D eigenvalue weighted by molar-refractivity contribution is -0.119. The van der Waals surface area contributed by atoms with Crippen LogP contribution in [0.3, 0.4) is 0 Å². The number of carbonyl (C=O) groups excluding carboxylic acids is 2. The highest BCUT2D eigenvalue weighted by Crippen LogP contribution is 2.29. The summed E-state index contributed by atoms with van der Waals surface area (Å²) < 4.78 is 43.7. The van der Waals surface area contributed by atoms with Crippen molar-refractivity contribution in [2.24, 2.45) is 0 Å². The lowest BCUT2D eigenvalue weighted by Crippen LogP contribution is -2.21. The van der Waals surface area contributed by atoms with Gasteiger partial charge in [0.1, 0.15) is 5.75 Å². The van der Waals surface area contributed by atoms with Crippen LogP contribution in [-0.2, 0) is 9.53 Å². The van der Waals surface area contributed by atoms with Gasteiger partial charge in [-0.15, -0.1) is 0 Å². The Hall–Kier alpha value is -3.36. The molecule has 0 aliphatic carbocycles. The first-order valence-electron chi connectivity index (χ1n) is 7.67. The summed E-state index contributed by atoms with van der Waals surface area (Å²) in [6.07, 6.45) is 0. The number of ether oxygens (including phenoxy) is 4. The van der Waals surface area contributed by atoms with E-state index in [0.29, 0.717) is 17.2 Å². The third kappa shape index (κ3) is 5.84. The van der Waals surface area contributed by atoms with Gasteiger partial charge in [-0.2, -0.15) is 8.78 Å². The molecule has 2 aromatic carbocycles. The highest BCUT2D eigenvalue weighted by atomic mass is 19.3. The minimum absolute atomic E-state index is 0.0212. The summed E-state index contributed by atoms with van der Waals surface area (Å²) in [6.45, 7) is -3.57. The molecule has 2 rings (SSSR count). The third-order valence-electron chi connectivity index (χ3n) is 3.30. The molecule has 0 spiro atoms. The van der Waals surface area contributed by atoms with Crippen LogP contribution in [0.5, 0.6) is 17.2 Å². The second-order valence-electron chi connectivity index (χ2n) is 5.10. The number of amides is 1. The van der Waals surface area contributed by atoms with Crippen molar-refractivity contribution < 1.29 is 37.3 Å². The summed E-state index contributed by atoms with van der Waals surface area (Å²) in [5.41, 5.74) is 0.396. The summed E-state index contributed by atoms with van der Waals surface area (Å²) in [5, 5.41) is 2.54. The molecular formula is C18H17F2NO6. The Bertz CT molecular complexity index is 812. The SMILES string of the molecule is COc1ccc(NC(=O)COC(=O)c2cccc(OC(F)F)c2)cc1OC. The second-order valence-corrected chi connectivity index (χ2v) is 5.10. The number of benzene rings is 2. The van der Waals surface area contributed by atoms with Crippen LogP contribution >= 0.6 is 0 Å². The number of esters is 1. The number of nitrogens with one attached hydrogen (secondary N) is 1. The van der Waals surface area contributed by atoms with E-state index in [1.54, 1.807) is 18.2 Å². The number of halogens is 2. The summed E-state index contributed by atoms with van der Waals surface area (Å²) in [4.78, 5) is 23.9. The van der Waals surface area contributed by atoms with Crippen molar-refractivity contribution in [2.75, 3.05) is 26.1 Å². The molecule has 9 heteroatoms. The number of anilines is 1. The van der Waals surface area contributed by atoms with Crippen molar-refractivity contribution in [3.63, 3.8) is 0 Å². The Morgan fingerprint density at radius 3 is 2.44 bits per heavy atom. The highest BCUT2D eigenvalue weighted by Gasteiger charge is 2.13. The van der Waals surface area contributed by atoms with E-state index in [0.717, 1.165) is 6.07 Å². The van der Waals surface area contributed by atoms with Gasteiger partial charge in [-0.1, -0.05) is 6.07 Å². The van der Waals surface area contributed by atoms with Gasteiger partial charge >= 0.3 is 12.6 Å². The zero-order valence-corrected chi connectivity index (χ0v) is 14.5. The monoisotopic (exact) mass is 381 g/mol. The number of rotatable bonds is 8. The molecule has 0 bridgehead atoms. The Morgan fingerprint density at radius 1 is 1.04 bits per heavy atom. The maximum atomic E-state index is 12.2. The average molecular weight is 381 g/mol. The fourth-order valence-corrected chi connectivity index (χ4v) is 2.12. The van der Waals surface area contributed by atoms with Crippen LogP contribution in [0.4, 0.5) is 14.5 Å². The molecule has 144 valence electrons. The second kappa shape index (κ2) is 9.37. The predicted molar refractivity (Wildman–Crippen MR) is 91.5 cm³/mol. The van der Waals surface area contributed by atoms with E-state index in [2.05, 4.69) is 10.1 Å². The fourth-order valence-electron chi connectivity index (χ4n) is 2.12. The molecule has 0 fully saturated rings. The normalized spacial score (nSPS) is 10.3. The van der Waals surface area contributed by atoms with E-state index in [1.807, 2.05) is 0 Å². The van der Waals surface area contributed by atoms with E-state index in [4.69, 9.17) is 14.2 Å². The molecule has 0 unspecified atom stereocenters. The van der Waals surface area contributed by atoms with Crippen molar-refractivity contribution in [3.05, 3.63) is 48.0 Å². The molecule has 0 radical (unpaired) electrons. The van der Waals surface area contributed by atoms with Crippen molar-refractivity contribution in [2.45, 2.75) is 6.61 Å². The van der Waals surface area contributed by atoms with Crippen LogP contribution in [0.15, 0.2) is 42.5 Å². The van der Waals surface area contributed by atoms with E-state index < -0.39 is 25.1 Å². The van der Waals surface area contributed by atoms with Crippen LogP contribution < -0.4 is 19.5 Å². The quantitative estimate of drug-likeness (QED) is 0.708. The van der Waals surface area contributed by atoms with E-state index in [9.17, 15) is 18.4 Å². The lowest BCUT2D eigenvalue weighted by Gasteiger charge is -2.11. The average Bonchev–Trinajstić information content (AvgIpc) is 2.65. The zero-order chi connectivity index (χ0) is 19.8. The Kier molecular flexibility index (Phi) is 6.93. The Morgan fingerprint density at radius 2 is 1.78 bits per heavy atom. The number of hydrogen-bond donors (Lipinski definition) is 1. The molecule has 0 aliphatic heterocycles. The van der Waals surface area contributed by atoms with Gasteiger partial charge in [0.2, 0.25) is 0 Å². The van der Waals surface area contributed by atoms with Crippen molar-refractivity contribution in [1.29, 1.82) is 0 Å². The number of alkyl halides is 2. The van der Waals surface area contributed by atoms with Gasteiger partial charge in [0.05, 0.1) is 19.8 Å².